The summed E-state index contributed by atoms with van der Waals surface area (Å²) in [5.41, 5.74) is 7.10. The molecule has 0 N–H and O–H groups in total. The first kappa shape index (κ1) is 12.5. The van der Waals surface area contributed by atoms with Crippen LogP contribution in [0.2, 0.25) is 0 Å². The first-order valence-corrected chi connectivity index (χ1v) is 7.05. The molecule has 0 radical (unpaired) electrons. The molecule has 0 amide bonds. The monoisotopic (exact) mass is 281 g/mol. The highest BCUT2D eigenvalue weighted by atomic mass is 19.1. The van der Waals surface area contributed by atoms with Crippen LogP contribution in [-0.4, -0.2) is 11.7 Å². The molecular formula is C18H16FNO. The molecule has 0 bridgehead atoms. The van der Waals surface area contributed by atoms with Crippen LogP contribution in [0.4, 0.5) is 4.39 Å². The summed E-state index contributed by atoms with van der Waals surface area (Å²) < 4.78 is 21.0. The zero-order chi connectivity index (χ0) is 14.7. The topological polar surface area (TPSA) is 14.2 Å². The molecule has 0 spiro atoms. The minimum Gasteiger partial charge on any atom is -0.497 e. The zero-order valence-corrected chi connectivity index (χ0v) is 12.3. The Morgan fingerprint density at radius 2 is 2.00 bits per heavy atom. The van der Waals surface area contributed by atoms with Crippen LogP contribution in [0.25, 0.3) is 22.2 Å². The first-order chi connectivity index (χ1) is 10.1. The lowest BCUT2D eigenvalue weighted by Gasteiger charge is -2.08. The standard InChI is InChI=1S/C18H16FNO/c1-10-6-13(21-3)9-16-17(10)15-8-11-7-12(19)4-5-14(11)18(15)20(16)2/h4-7,9H,8H2,1-3H3. The zero-order valence-electron chi connectivity index (χ0n) is 12.3. The molecule has 3 heteroatoms. The van der Waals surface area contributed by atoms with Crippen molar-refractivity contribution in [1.29, 1.82) is 0 Å². The number of fused-ring (bicyclic) bond motifs is 5. The third-order valence-corrected chi connectivity index (χ3v) is 4.50. The number of methoxy groups -OCH3 is 1. The Labute approximate surface area is 122 Å². The maximum absolute atomic E-state index is 13.5. The summed E-state index contributed by atoms with van der Waals surface area (Å²) in [6.07, 6.45) is 0.799. The van der Waals surface area contributed by atoms with E-state index < -0.39 is 0 Å². The maximum atomic E-state index is 13.5. The Morgan fingerprint density at radius 3 is 2.76 bits per heavy atom. The van der Waals surface area contributed by atoms with E-state index in [-0.39, 0.29) is 5.82 Å². The van der Waals surface area contributed by atoms with E-state index in [4.69, 9.17) is 4.74 Å². The van der Waals surface area contributed by atoms with E-state index in [1.807, 2.05) is 6.07 Å². The third kappa shape index (κ3) is 1.57. The fourth-order valence-corrected chi connectivity index (χ4v) is 3.60. The van der Waals surface area contributed by atoms with Gasteiger partial charge in [-0.15, -0.1) is 0 Å². The maximum Gasteiger partial charge on any atom is 0.123 e. The highest BCUT2D eigenvalue weighted by Gasteiger charge is 2.26. The molecule has 0 saturated heterocycles. The molecule has 0 unspecified atom stereocenters. The van der Waals surface area contributed by atoms with Gasteiger partial charge in [0.05, 0.1) is 18.3 Å². The van der Waals surface area contributed by atoms with Gasteiger partial charge in [0.2, 0.25) is 0 Å². The molecule has 0 aliphatic heterocycles. The van der Waals surface area contributed by atoms with Crippen LogP contribution in [0.1, 0.15) is 16.7 Å². The van der Waals surface area contributed by atoms with Crippen LogP contribution in [0.3, 0.4) is 0 Å². The summed E-state index contributed by atoms with van der Waals surface area (Å²) >= 11 is 0. The highest BCUT2D eigenvalue weighted by Crippen LogP contribution is 2.44. The molecule has 2 aromatic carbocycles. The number of aryl methyl sites for hydroxylation is 2. The molecule has 1 aliphatic rings. The summed E-state index contributed by atoms with van der Waals surface area (Å²) in [6.45, 7) is 2.11. The van der Waals surface area contributed by atoms with Gasteiger partial charge in [-0.3, -0.25) is 0 Å². The van der Waals surface area contributed by atoms with Crippen molar-refractivity contribution in [2.75, 3.05) is 7.11 Å². The lowest BCUT2D eigenvalue weighted by molar-refractivity contribution is 0.415. The average Bonchev–Trinajstić information content (AvgIpc) is 2.94. The van der Waals surface area contributed by atoms with Crippen LogP contribution in [0.5, 0.6) is 5.75 Å². The van der Waals surface area contributed by atoms with Gasteiger partial charge < -0.3 is 9.30 Å². The molecule has 0 atom stereocenters. The second kappa shape index (κ2) is 4.10. The van der Waals surface area contributed by atoms with Crippen molar-refractivity contribution in [3.8, 4) is 17.0 Å². The van der Waals surface area contributed by atoms with Crippen molar-refractivity contribution < 1.29 is 9.13 Å². The summed E-state index contributed by atoms with van der Waals surface area (Å²) in [5, 5.41) is 1.27. The van der Waals surface area contributed by atoms with E-state index in [9.17, 15) is 4.39 Å². The van der Waals surface area contributed by atoms with Crippen molar-refractivity contribution in [3.63, 3.8) is 0 Å². The van der Waals surface area contributed by atoms with Gasteiger partial charge >= 0.3 is 0 Å². The average molecular weight is 281 g/mol. The predicted molar refractivity (Wildman–Crippen MR) is 82.4 cm³/mol. The lowest BCUT2D eigenvalue weighted by Crippen LogP contribution is -1.93. The summed E-state index contributed by atoms with van der Waals surface area (Å²) in [7, 11) is 3.76. The molecule has 106 valence electrons. The second-order valence-electron chi connectivity index (χ2n) is 5.70. The number of benzene rings is 2. The summed E-state index contributed by atoms with van der Waals surface area (Å²) in [6, 6.07) is 9.22. The molecule has 0 saturated carbocycles. The van der Waals surface area contributed by atoms with Crippen LogP contribution in [0.15, 0.2) is 30.3 Å². The van der Waals surface area contributed by atoms with Crippen molar-refractivity contribution in [1.82, 2.24) is 4.57 Å². The SMILES string of the molecule is COc1cc(C)c2c3c(n(C)c2c1)-c1ccc(F)cc1C3. The number of aromatic nitrogens is 1. The van der Waals surface area contributed by atoms with Gasteiger partial charge in [0.25, 0.3) is 0 Å². The van der Waals surface area contributed by atoms with Crippen molar-refractivity contribution in [2.45, 2.75) is 13.3 Å². The number of hydrogen-bond donors (Lipinski definition) is 0. The van der Waals surface area contributed by atoms with E-state index in [1.54, 1.807) is 19.2 Å². The third-order valence-electron chi connectivity index (χ3n) is 4.50. The van der Waals surface area contributed by atoms with Gasteiger partial charge in [-0.2, -0.15) is 0 Å². The highest BCUT2D eigenvalue weighted by molar-refractivity contribution is 5.98. The molecule has 21 heavy (non-hydrogen) atoms. The number of ether oxygens (including phenoxy) is 1. The van der Waals surface area contributed by atoms with Crippen molar-refractivity contribution in [2.24, 2.45) is 7.05 Å². The Balaban J connectivity index is 2.09. The van der Waals surface area contributed by atoms with Crippen LogP contribution in [0, 0.1) is 12.7 Å². The molecule has 1 aromatic heterocycles. The number of halogens is 1. The smallest absolute Gasteiger partial charge is 0.123 e. The molecule has 0 fully saturated rings. The molecule has 4 rings (SSSR count). The van der Waals surface area contributed by atoms with Crippen molar-refractivity contribution in [3.05, 3.63) is 52.8 Å². The van der Waals surface area contributed by atoms with Crippen LogP contribution in [-0.2, 0) is 13.5 Å². The van der Waals surface area contributed by atoms with Gasteiger partial charge in [-0.05, 0) is 47.9 Å². The van der Waals surface area contributed by atoms with Gasteiger partial charge in [0.15, 0.2) is 0 Å². The Kier molecular flexibility index (Phi) is 2.43. The molecule has 3 aromatic rings. The molecule has 1 aliphatic carbocycles. The van der Waals surface area contributed by atoms with E-state index in [0.717, 1.165) is 23.3 Å². The number of nitrogens with zero attached hydrogens (tertiary/aromatic N) is 1. The molecule has 1 heterocycles. The van der Waals surface area contributed by atoms with E-state index in [0.29, 0.717) is 0 Å². The minimum atomic E-state index is -0.163. The number of hydrogen-bond acceptors (Lipinski definition) is 1. The normalized spacial score (nSPS) is 12.6. The van der Waals surface area contributed by atoms with Crippen LogP contribution < -0.4 is 4.74 Å². The summed E-state index contributed by atoms with van der Waals surface area (Å²) in [5.74, 6) is 0.711. The Hall–Kier alpha value is -2.29. The van der Waals surface area contributed by atoms with Gasteiger partial charge in [0.1, 0.15) is 11.6 Å². The predicted octanol–water partition coefficient (Wildman–Crippen LogP) is 4.21. The van der Waals surface area contributed by atoms with Gasteiger partial charge in [0, 0.05) is 30.5 Å². The fourth-order valence-electron chi connectivity index (χ4n) is 3.60. The first-order valence-electron chi connectivity index (χ1n) is 7.05. The second-order valence-corrected chi connectivity index (χ2v) is 5.70. The van der Waals surface area contributed by atoms with Gasteiger partial charge in [-0.25, -0.2) is 4.39 Å². The minimum absolute atomic E-state index is 0.163. The van der Waals surface area contributed by atoms with E-state index in [2.05, 4.69) is 30.7 Å². The lowest BCUT2D eigenvalue weighted by atomic mass is 10.0. The van der Waals surface area contributed by atoms with E-state index >= 15 is 0 Å². The number of rotatable bonds is 1. The quantitative estimate of drug-likeness (QED) is 0.510. The largest absolute Gasteiger partial charge is 0.497 e. The van der Waals surface area contributed by atoms with E-state index in [1.165, 1.54) is 27.7 Å². The molecular weight excluding hydrogens is 265 g/mol. The van der Waals surface area contributed by atoms with Crippen molar-refractivity contribution >= 4 is 10.9 Å². The molecule has 2 nitrogen and oxygen atoms in total. The van der Waals surface area contributed by atoms with Gasteiger partial charge in [-0.1, -0.05) is 0 Å². The Morgan fingerprint density at radius 1 is 1.19 bits per heavy atom. The Bertz CT molecular complexity index is 892. The summed E-state index contributed by atoms with van der Waals surface area (Å²) in [4.78, 5) is 0. The fraction of sp³-hybridized carbons (Fsp3) is 0.222. The van der Waals surface area contributed by atoms with Crippen LogP contribution >= 0.6 is 0 Å².